The Morgan fingerprint density at radius 3 is 1.42 bits per heavy atom. The van der Waals surface area contributed by atoms with Crippen LogP contribution in [0.5, 0.6) is 0 Å². The topological polar surface area (TPSA) is 125 Å². The van der Waals surface area contributed by atoms with Crippen molar-refractivity contribution in [3.05, 3.63) is 144 Å². The zero-order valence-electron chi connectivity index (χ0n) is 26.1. The van der Waals surface area contributed by atoms with E-state index in [4.69, 9.17) is 0 Å². The third-order valence-electron chi connectivity index (χ3n) is 8.07. The van der Waals surface area contributed by atoms with Crippen LogP contribution in [0.15, 0.2) is 122 Å². The van der Waals surface area contributed by atoms with Crippen LogP contribution in [0.3, 0.4) is 0 Å². The average Bonchev–Trinajstić information content (AvgIpc) is 3.81. The molecule has 4 aromatic rings. The zero-order valence-corrected chi connectivity index (χ0v) is 26.1. The van der Waals surface area contributed by atoms with Crippen molar-refractivity contribution in [3.8, 4) is 0 Å². The van der Waals surface area contributed by atoms with E-state index in [0.717, 1.165) is 22.3 Å². The van der Waals surface area contributed by atoms with E-state index in [0.29, 0.717) is 24.5 Å². The molecule has 2 atom stereocenters. The van der Waals surface area contributed by atoms with Crippen LogP contribution in [0.2, 0.25) is 0 Å². The fourth-order valence-electron chi connectivity index (χ4n) is 5.55. The molecular weight excluding hydrogens is 604 g/mol. The van der Waals surface area contributed by atoms with E-state index >= 15 is 0 Å². The van der Waals surface area contributed by atoms with E-state index in [-0.39, 0.29) is 36.5 Å². The van der Waals surface area contributed by atoms with Gasteiger partial charge in [0.1, 0.15) is 12.1 Å². The molecule has 0 radical (unpaired) electrons. The number of pyridine rings is 2. The van der Waals surface area contributed by atoms with Gasteiger partial charge in [0.2, 0.25) is 11.8 Å². The summed E-state index contributed by atoms with van der Waals surface area (Å²) < 4.78 is 0. The molecule has 2 aliphatic rings. The number of carbonyl (C=O) groups excluding carboxylic acids is 4. The summed E-state index contributed by atoms with van der Waals surface area (Å²) in [7, 11) is 0. The van der Waals surface area contributed by atoms with Crippen molar-refractivity contribution < 1.29 is 19.2 Å². The lowest BCUT2D eigenvalue weighted by Crippen LogP contribution is -2.44. The van der Waals surface area contributed by atoms with Crippen LogP contribution in [0.4, 0.5) is 11.4 Å². The van der Waals surface area contributed by atoms with Crippen LogP contribution < -0.4 is 10.6 Å². The second kappa shape index (κ2) is 15.0. The minimum atomic E-state index is -0.671. The van der Waals surface area contributed by atoms with Crippen molar-refractivity contribution in [2.24, 2.45) is 0 Å². The van der Waals surface area contributed by atoms with Crippen molar-refractivity contribution in [3.63, 3.8) is 0 Å². The molecule has 0 spiro atoms. The second-order valence-corrected chi connectivity index (χ2v) is 11.5. The monoisotopic (exact) mass is 638 g/mol. The maximum Gasteiger partial charge on any atom is 0.251 e. The number of rotatable bonds is 10. The molecule has 0 saturated heterocycles. The highest BCUT2D eigenvalue weighted by atomic mass is 16.2. The summed E-state index contributed by atoms with van der Waals surface area (Å²) >= 11 is 0. The Hall–Kier alpha value is -6.16. The molecule has 10 heteroatoms. The molecule has 2 aliphatic heterocycles. The van der Waals surface area contributed by atoms with E-state index in [9.17, 15) is 19.2 Å². The SMILES string of the molecule is O=C(Nc1ccc(C=Cc2ccc(NC(=O)[C@@H]3C=CCN3C(=O)Cc3cccnc3)cc2)cc1)[C@@H]1C=CCN1C(=O)Cc1cccnc1. The van der Waals surface area contributed by atoms with Gasteiger partial charge in [0.15, 0.2) is 0 Å². The number of nitrogens with one attached hydrogen (secondary N) is 2. The fourth-order valence-corrected chi connectivity index (χ4v) is 5.55. The molecule has 10 nitrogen and oxygen atoms in total. The molecule has 0 aliphatic carbocycles. The van der Waals surface area contributed by atoms with Crippen LogP contribution in [-0.4, -0.2) is 68.6 Å². The molecule has 0 unspecified atom stereocenters. The van der Waals surface area contributed by atoms with Crippen molar-refractivity contribution in [2.75, 3.05) is 23.7 Å². The summed E-state index contributed by atoms with van der Waals surface area (Å²) in [5, 5.41) is 5.82. The Kier molecular flexibility index (Phi) is 9.91. The second-order valence-electron chi connectivity index (χ2n) is 11.5. The summed E-state index contributed by atoms with van der Waals surface area (Å²) in [4.78, 5) is 63.0. The van der Waals surface area contributed by atoms with Crippen LogP contribution in [0, 0.1) is 0 Å². The molecular formula is C38H34N6O4. The molecule has 2 N–H and O–H groups in total. The number of hydrogen-bond acceptors (Lipinski definition) is 6. The van der Waals surface area contributed by atoms with Crippen LogP contribution in [-0.2, 0) is 32.0 Å². The maximum atomic E-state index is 13.0. The number of benzene rings is 2. The van der Waals surface area contributed by atoms with Gasteiger partial charge in [-0.25, -0.2) is 0 Å². The Bertz CT molecular complexity index is 1720. The van der Waals surface area contributed by atoms with Gasteiger partial charge in [-0.2, -0.15) is 0 Å². The van der Waals surface area contributed by atoms with Crippen molar-refractivity contribution in [1.29, 1.82) is 0 Å². The summed E-state index contributed by atoms with van der Waals surface area (Å²) in [5.74, 6) is -0.810. The normalized spacial score (nSPS) is 16.8. The fraction of sp³-hybridized carbons (Fsp3) is 0.158. The molecule has 240 valence electrons. The smallest absolute Gasteiger partial charge is 0.251 e. The summed E-state index contributed by atoms with van der Waals surface area (Å²) in [6.07, 6.45) is 18.0. The lowest BCUT2D eigenvalue weighted by atomic mass is 10.1. The number of anilines is 2. The number of carbonyl (C=O) groups is 4. The highest BCUT2D eigenvalue weighted by Crippen LogP contribution is 2.19. The molecule has 48 heavy (non-hydrogen) atoms. The lowest BCUT2D eigenvalue weighted by molar-refractivity contribution is -0.135. The van der Waals surface area contributed by atoms with Gasteiger partial charge in [-0.15, -0.1) is 0 Å². The first kappa shape index (κ1) is 31.8. The van der Waals surface area contributed by atoms with Crippen molar-refractivity contribution in [2.45, 2.75) is 24.9 Å². The van der Waals surface area contributed by atoms with Crippen molar-refractivity contribution >= 4 is 47.2 Å². The summed E-state index contributed by atoms with van der Waals surface area (Å²) in [5.41, 5.74) is 4.73. The number of amides is 4. The van der Waals surface area contributed by atoms with Crippen LogP contribution >= 0.6 is 0 Å². The Morgan fingerprint density at radius 1 is 0.625 bits per heavy atom. The van der Waals surface area contributed by atoms with E-state index in [2.05, 4.69) is 20.6 Å². The lowest BCUT2D eigenvalue weighted by Gasteiger charge is -2.24. The Morgan fingerprint density at radius 2 is 1.04 bits per heavy atom. The molecule has 0 bridgehead atoms. The number of aromatic nitrogens is 2. The molecule has 4 amide bonds. The van der Waals surface area contributed by atoms with E-state index in [1.54, 1.807) is 58.9 Å². The quantitative estimate of drug-likeness (QED) is 0.194. The third kappa shape index (κ3) is 7.97. The highest BCUT2D eigenvalue weighted by Gasteiger charge is 2.31. The minimum Gasteiger partial charge on any atom is -0.324 e. The predicted octanol–water partition coefficient (Wildman–Crippen LogP) is 4.54. The van der Waals surface area contributed by atoms with Gasteiger partial charge in [0.05, 0.1) is 12.8 Å². The molecule has 2 aromatic carbocycles. The van der Waals surface area contributed by atoms with Gasteiger partial charge in [0, 0.05) is 49.3 Å². The Labute approximate surface area is 278 Å². The average molecular weight is 639 g/mol. The summed E-state index contributed by atoms with van der Waals surface area (Å²) in [6, 6.07) is 20.8. The predicted molar refractivity (Wildman–Crippen MR) is 184 cm³/mol. The third-order valence-corrected chi connectivity index (χ3v) is 8.07. The van der Waals surface area contributed by atoms with Gasteiger partial charge in [0.25, 0.3) is 11.8 Å². The van der Waals surface area contributed by atoms with Gasteiger partial charge >= 0.3 is 0 Å². The summed E-state index contributed by atoms with van der Waals surface area (Å²) in [6.45, 7) is 0.776. The largest absolute Gasteiger partial charge is 0.324 e. The molecule has 6 rings (SSSR count). The van der Waals surface area contributed by atoms with Crippen LogP contribution in [0.25, 0.3) is 12.2 Å². The van der Waals surface area contributed by atoms with E-state index in [1.807, 2.05) is 85.0 Å². The van der Waals surface area contributed by atoms with Gasteiger partial charge in [-0.1, -0.05) is 72.9 Å². The highest BCUT2D eigenvalue weighted by molar-refractivity contribution is 6.00. The first-order chi connectivity index (χ1) is 23.4. The van der Waals surface area contributed by atoms with Crippen LogP contribution in [0.1, 0.15) is 22.3 Å². The molecule has 0 saturated carbocycles. The molecule has 0 fully saturated rings. The van der Waals surface area contributed by atoms with Gasteiger partial charge in [-0.3, -0.25) is 29.1 Å². The van der Waals surface area contributed by atoms with E-state index < -0.39 is 12.1 Å². The first-order valence-electron chi connectivity index (χ1n) is 15.6. The zero-order chi connectivity index (χ0) is 33.3. The Balaban J connectivity index is 0.988. The first-order valence-corrected chi connectivity index (χ1v) is 15.6. The maximum absolute atomic E-state index is 13.0. The van der Waals surface area contributed by atoms with Gasteiger partial charge in [-0.05, 0) is 58.7 Å². The standard InChI is InChI=1S/C38H34N6O4/c45-35(23-29-5-1-19-39-25-29)43-21-3-7-33(43)37(47)41-31-15-11-27(12-16-31)9-10-28-13-17-32(18-14-28)42-38(48)34-8-4-22-44(34)36(46)24-30-6-2-20-40-26-30/h1-20,25-26,33-34H,21-24H2,(H,41,47)(H,42,48)/t33-,34-/m0/s1. The molecule has 4 heterocycles. The van der Waals surface area contributed by atoms with Gasteiger partial charge < -0.3 is 20.4 Å². The van der Waals surface area contributed by atoms with Crippen molar-refractivity contribution in [1.82, 2.24) is 19.8 Å². The van der Waals surface area contributed by atoms with E-state index in [1.165, 1.54) is 0 Å². The number of nitrogens with zero attached hydrogens (tertiary/aromatic N) is 4. The number of hydrogen-bond donors (Lipinski definition) is 2. The molecule has 2 aromatic heterocycles. The minimum absolute atomic E-state index is 0.134.